The van der Waals surface area contributed by atoms with Gasteiger partial charge in [0.1, 0.15) is 5.60 Å². The van der Waals surface area contributed by atoms with Crippen molar-refractivity contribution in [2.24, 2.45) is 11.8 Å². The second-order valence-corrected chi connectivity index (χ2v) is 8.28. The number of likely N-dealkylation sites (tertiary alicyclic amines) is 1. The molecule has 0 aromatic carbocycles. The summed E-state index contributed by atoms with van der Waals surface area (Å²) in [4.78, 5) is 14.1. The third-order valence-electron chi connectivity index (χ3n) is 4.84. The molecule has 2 unspecified atom stereocenters. The smallest absolute Gasteiger partial charge is 0.410 e. The van der Waals surface area contributed by atoms with Crippen molar-refractivity contribution in [1.29, 1.82) is 0 Å². The zero-order valence-corrected chi connectivity index (χ0v) is 14.9. The van der Waals surface area contributed by atoms with Crippen molar-refractivity contribution in [2.75, 3.05) is 19.6 Å². The molecule has 1 aliphatic heterocycles. The van der Waals surface area contributed by atoms with Crippen molar-refractivity contribution in [2.45, 2.75) is 77.9 Å². The van der Waals surface area contributed by atoms with E-state index in [9.17, 15) is 4.79 Å². The summed E-state index contributed by atoms with van der Waals surface area (Å²) in [6, 6.07) is 0.599. The van der Waals surface area contributed by atoms with E-state index < -0.39 is 5.60 Å². The SMILES string of the molecule is CC(CC1CCC1)NCC1CCCN(C(=O)OC(C)(C)C)C1. The number of carbonyl (C=O) groups is 1. The first-order valence-corrected chi connectivity index (χ1v) is 9.05. The summed E-state index contributed by atoms with van der Waals surface area (Å²) in [6.45, 7) is 10.8. The highest BCUT2D eigenvalue weighted by atomic mass is 16.6. The van der Waals surface area contributed by atoms with Gasteiger partial charge in [0.15, 0.2) is 0 Å². The number of nitrogens with one attached hydrogen (secondary N) is 1. The van der Waals surface area contributed by atoms with Gasteiger partial charge in [-0.05, 0) is 65.3 Å². The van der Waals surface area contributed by atoms with E-state index >= 15 is 0 Å². The maximum absolute atomic E-state index is 12.2. The van der Waals surface area contributed by atoms with E-state index in [0.717, 1.165) is 32.0 Å². The van der Waals surface area contributed by atoms with E-state index in [2.05, 4.69) is 12.2 Å². The minimum atomic E-state index is -0.403. The summed E-state index contributed by atoms with van der Waals surface area (Å²) >= 11 is 0. The fourth-order valence-electron chi connectivity index (χ4n) is 3.40. The molecule has 1 aliphatic carbocycles. The Bertz CT molecular complexity index is 361. The second-order valence-electron chi connectivity index (χ2n) is 8.28. The third kappa shape index (κ3) is 5.79. The molecule has 0 bridgehead atoms. The minimum Gasteiger partial charge on any atom is -0.444 e. The molecule has 4 heteroatoms. The number of carbonyl (C=O) groups excluding carboxylic acids is 1. The molecule has 0 aromatic heterocycles. The Kier molecular flexibility index (Phi) is 6.13. The van der Waals surface area contributed by atoms with Crippen LogP contribution in [0.15, 0.2) is 0 Å². The number of hydrogen-bond donors (Lipinski definition) is 1. The Morgan fingerprint density at radius 2 is 1.91 bits per heavy atom. The lowest BCUT2D eigenvalue weighted by atomic mass is 9.81. The van der Waals surface area contributed by atoms with E-state index in [1.807, 2.05) is 25.7 Å². The predicted molar refractivity (Wildman–Crippen MR) is 90.0 cm³/mol. The van der Waals surface area contributed by atoms with Crippen molar-refractivity contribution >= 4 is 6.09 Å². The monoisotopic (exact) mass is 310 g/mol. The Morgan fingerprint density at radius 1 is 1.23 bits per heavy atom. The lowest BCUT2D eigenvalue weighted by molar-refractivity contribution is 0.0165. The van der Waals surface area contributed by atoms with Crippen LogP contribution >= 0.6 is 0 Å². The van der Waals surface area contributed by atoms with Gasteiger partial charge >= 0.3 is 6.09 Å². The molecular weight excluding hydrogens is 276 g/mol. The number of hydrogen-bond acceptors (Lipinski definition) is 3. The van der Waals surface area contributed by atoms with Crippen LogP contribution in [0.3, 0.4) is 0 Å². The van der Waals surface area contributed by atoms with Gasteiger partial charge in [0.05, 0.1) is 0 Å². The standard InChI is InChI=1S/C18H34N2O2/c1-14(11-15-7-5-8-15)19-12-16-9-6-10-20(13-16)17(21)22-18(2,3)4/h14-16,19H,5-13H2,1-4H3. The van der Waals surface area contributed by atoms with Gasteiger partial charge in [-0.25, -0.2) is 4.79 Å². The van der Waals surface area contributed by atoms with Crippen LogP contribution in [0.1, 0.15) is 66.2 Å². The summed E-state index contributed by atoms with van der Waals surface area (Å²) in [5, 5.41) is 3.68. The molecule has 4 nitrogen and oxygen atoms in total. The molecular formula is C18H34N2O2. The molecule has 0 radical (unpaired) electrons. The van der Waals surface area contributed by atoms with Gasteiger partial charge < -0.3 is 15.0 Å². The fourth-order valence-corrected chi connectivity index (χ4v) is 3.40. The van der Waals surface area contributed by atoms with Crippen LogP contribution < -0.4 is 5.32 Å². The van der Waals surface area contributed by atoms with Gasteiger partial charge in [0.2, 0.25) is 0 Å². The highest BCUT2D eigenvalue weighted by molar-refractivity contribution is 5.68. The molecule has 1 N–H and O–H groups in total. The Morgan fingerprint density at radius 3 is 2.50 bits per heavy atom. The van der Waals surface area contributed by atoms with Gasteiger partial charge in [-0.2, -0.15) is 0 Å². The number of rotatable bonds is 5. The van der Waals surface area contributed by atoms with Gasteiger partial charge in [-0.15, -0.1) is 0 Å². The number of ether oxygens (including phenoxy) is 1. The molecule has 22 heavy (non-hydrogen) atoms. The Labute approximate surface area is 136 Å². The van der Waals surface area contributed by atoms with Crippen LogP contribution in [0.5, 0.6) is 0 Å². The molecule has 2 fully saturated rings. The fraction of sp³-hybridized carbons (Fsp3) is 0.944. The van der Waals surface area contributed by atoms with Crippen molar-refractivity contribution in [3.8, 4) is 0 Å². The maximum atomic E-state index is 12.2. The first-order valence-electron chi connectivity index (χ1n) is 9.05. The summed E-state index contributed by atoms with van der Waals surface area (Å²) in [6.07, 6.45) is 7.71. The highest BCUT2D eigenvalue weighted by Crippen LogP contribution is 2.30. The van der Waals surface area contributed by atoms with E-state index in [-0.39, 0.29) is 6.09 Å². The lowest BCUT2D eigenvalue weighted by Crippen LogP contribution is -2.46. The molecule has 2 aliphatic rings. The van der Waals surface area contributed by atoms with E-state index in [1.54, 1.807) is 0 Å². The average Bonchev–Trinajstić information content (AvgIpc) is 2.39. The number of amides is 1. The highest BCUT2D eigenvalue weighted by Gasteiger charge is 2.28. The zero-order valence-electron chi connectivity index (χ0n) is 14.9. The van der Waals surface area contributed by atoms with Gasteiger partial charge in [0.25, 0.3) is 0 Å². The first kappa shape index (κ1) is 17.6. The van der Waals surface area contributed by atoms with E-state index in [1.165, 1.54) is 32.1 Å². The molecule has 2 atom stereocenters. The average molecular weight is 310 g/mol. The maximum Gasteiger partial charge on any atom is 0.410 e. The molecule has 0 spiro atoms. The quantitative estimate of drug-likeness (QED) is 0.839. The van der Waals surface area contributed by atoms with Crippen LogP contribution in [0.25, 0.3) is 0 Å². The molecule has 1 saturated heterocycles. The van der Waals surface area contributed by atoms with Gasteiger partial charge in [-0.1, -0.05) is 19.3 Å². The summed E-state index contributed by atoms with van der Waals surface area (Å²) in [7, 11) is 0. The van der Waals surface area contributed by atoms with Crippen LogP contribution in [0.2, 0.25) is 0 Å². The Hall–Kier alpha value is -0.770. The molecule has 1 heterocycles. The molecule has 2 rings (SSSR count). The topological polar surface area (TPSA) is 41.6 Å². The molecule has 0 aromatic rings. The molecule has 128 valence electrons. The lowest BCUT2D eigenvalue weighted by Gasteiger charge is -2.35. The van der Waals surface area contributed by atoms with Crippen LogP contribution in [0, 0.1) is 11.8 Å². The number of nitrogens with zero attached hydrogens (tertiary/aromatic N) is 1. The molecule has 1 saturated carbocycles. The Balaban J connectivity index is 1.69. The van der Waals surface area contributed by atoms with Crippen LogP contribution in [0.4, 0.5) is 4.79 Å². The van der Waals surface area contributed by atoms with E-state index in [0.29, 0.717) is 12.0 Å². The first-order chi connectivity index (χ1) is 10.3. The molecule has 1 amide bonds. The summed E-state index contributed by atoms with van der Waals surface area (Å²) in [5.41, 5.74) is -0.403. The summed E-state index contributed by atoms with van der Waals surface area (Å²) < 4.78 is 5.49. The van der Waals surface area contributed by atoms with E-state index in [4.69, 9.17) is 4.74 Å². The van der Waals surface area contributed by atoms with Crippen molar-refractivity contribution < 1.29 is 9.53 Å². The predicted octanol–water partition coefficient (Wildman–Crippen LogP) is 3.80. The normalized spacial score (nSPS) is 24.7. The van der Waals surface area contributed by atoms with Crippen LogP contribution in [-0.4, -0.2) is 42.3 Å². The van der Waals surface area contributed by atoms with Gasteiger partial charge in [-0.3, -0.25) is 0 Å². The van der Waals surface area contributed by atoms with Crippen molar-refractivity contribution in [3.63, 3.8) is 0 Å². The van der Waals surface area contributed by atoms with Gasteiger partial charge in [0, 0.05) is 19.1 Å². The number of piperidine rings is 1. The zero-order chi connectivity index (χ0) is 16.2. The second kappa shape index (κ2) is 7.67. The van der Waals surface area contributed by atoms with Crippen molar-refractivity contribution in [1.82, 2.24) is 10.2 Å². The minimum absolute atomic E-state index is 0.153. The van der Waals surface area contributed by atoms with Crippen LogP contribution in [-0.2, 0) is 4.74 Å². The largest absolute Gasteiger partial charge is 0.444 e. The van der Waals surface area contributed by atoms with Crippen molar-refractivity contribution in [3.05, 3.63) is 0 Å². The summed E-state index contributed by atoms with van der Waals surface area (Å²) in [5.74, 6) is 1.51. The third-order valence-corrected chi connectivity index (χ3v) is 4.84.